The summed E-state index contributed by atoms with van der Waals surface area (Å²) in [7, 11) is 0. The number of anilines is 1. The summed E-state index contributed by atoms with van der Waals surface area (Å²) in [6.45, 7) is 6.65. The van der Waals surface area contributed by atoms with Crippen LogP contribution in [0.4, 0.5) is 10.1 Å². The summed E-state index contributed by atoms with van der Waals surface area (Å²) in [4.78, 5) is 2.63. The second-order valence-electron chi connectivity index (χ2n) is 10.6. The highest BCUT2D eigenvalue weighted by Crippen LogP contribution is 2.40. The molecule has 1 aliphatic heterocycles. The van der Waals surface area contributed by atoms with Crippen LogP contribution in [-0.4, -0.2) is 45.9 Å². The average Bonchev–Trinajstić information content (AvgIpc) is 3.45. The van der Waals surface area contributed by atoms with Crippen molar-refractivity contribution in [2.24, 2.45) is 0 Å². The number of phenols is 3. The molecule has 0 radical (unpaired) electrons. The summed E-state index contributed by atoms with van der Waals surface area (Å²) < 4.78 is 13.4. The molecule has 7 heteroatoms. The van der Waals surface area contributed by atoms with Crippen molar-refractivity contribution in [1.29, 1.82) is 0 Å². The number of halogens is 1. The molecule has 0 bridgehead atoms. The van der Waals surface area contributed by atoms with E-state index in [1.807, 2.05) is 12.1 Å². The molecular formula is C31H36FN3O3. The third-order valence-corrected chi connectivity index (χ3v) is 8.15. The van der Waals surface area contributed by atoms with Gasteiger partial charge in [0, 0.05) is 48.7 Å². The number of nitrogens with one attached hydrogen (secondary N) is 2. The first-order chi connectivity index (χ1) is 18.3. The normalized spacial score (nSPS) is 17.9. The van der Waals surface area contributed by atoms with Crippen LogP contribution in [0.5, 0.6) is 17.2 Å². The molecule has 2 fully saturated rings. The van der Waals surface area contributed by atoms with Gasteiger partial charge in [0.2, 0.25) is 0 Å². The fourth-order valence-electron chi connectivity index (χ4n) is 6.00. The summed E-state index contributed by atoms with van der Waals surface area (Å²) in [5.41, 5.74) is 3.35. The van der Waals surface area contributed by atoms with E-state index >= 15 is 0 Å². The van der Waals surface area contributed by atoms with Crippen LogP contribution < -0.4 is 10.6 Å². The van der Waals surface area contributed by atoms with Crippen LogP contribution in [0.25, 0.3) is 11.1 Å². The van der Waals surface area contributed by atoms with Gasteiger partial charge in [0.05, 0.1) is 5.56 Å². The predicted octanol–water partition coefficient (Wildman–Crippen LogP) is 6.06. The number of likely N-dealkylation sites (tertiary alicyclic amines) is 1. The van der Waals surface area contributed by atoms with Crippen molar-refractivity contribution in [1.82, 2.24) is 10.2 Å². The van der Waals surface area contributed by atoms with Gasteiger partial charge in [0.15, 0.2) is 11.6 Å². The van der Waals surface area contributed by atoms with Gasteiger partial charge in [-0.2, -0.15) is 0 Å². The maximum Gasteiger partial charge on any atom is 0.164 e. The fraction of sp³-hybridized carbons (Fsp3) is 0.355. The SMILES string of the molecule is C=C(CNC1(c2ccc(-c3c(O)cccc3O)cc2)CCN(C2CCCC2)CC1)Nc1ccc(F)c(O)c1. The highest BCUT2D eigenvalue weighted by Gasteiger charge is 2.38. The van der Waals surface area contributed by atoms with Crippen LogP contribution in [-0.2, 0) is 5.54 Å². The van der Waals surface area contributed by atoms with Crippen molar-refractivity contribution >= 4 is 5.69 Å². The van der Waals surface area contributed by atoms with E-state index in [2.05, 4.69) is 34.2 Å². The fourth-order valence-corrected chi connectivity index (χ4v) is 6.00. The van der Waals surface area contributed by atoms with Crippen molar-refractivity contribution in [3.63, 3.8) is 0 Å². The quantitative estimate of drug-likeness (QED) is 0.250. The van der Waals surface area contributed by atoms with E-state index in [1.54, 1.807) is 24.3 Å². The number of phenolic OH excluding ortho intramolecular Hbond substituents is 3. The largest absolute Gasteiger partial charge is 0.507 e. The number of rotatable bonds is 8. The van der Waals surface area contributed by atoms with Gasteiger partial charge < -0.3 is 30.9 Å². The summed E-state index contributed by atoms with van der Waals surface area (Å²) in [5, 5.41) is 37.3. The van der Waals surface area contributed by atoms with Crippen LogP contribution >= 0.6 is 0 Å². The third kappa shape index (κ3) is 5.49. The van der Waals surface area contributed by atoms with Crippen molar-refractivity contribution < 1.29 is 19.7 Å². The van der Waals surface area contributed by atoms with Crippen molar-refractivity contribution in [2.75, 3.05) is 25.0 Å². The Morgan fingerprint density at radius 2 is 1.58 bits per heavy atom. The molecule has 3 aromatic rings. The molecule has 0 aromatic heterocycles. The van der Waals surface area contributed by atoms with Gasteiger partial charge in [-0.15, -0.1) is 0 Å². The molecule has 1 saturated heterocycles. The first kappa shape index (κ1) is 26.1. The topological polar surface area (TPSA) is 88.0 Å². The standard InChI is InChI=1S/C31H36FN3O3/c1-21(34-24-13-14-26(32)29(38)19-24)20-33-31(15-17-35(18-16-31)25-5-2-3-6-25)23-11-9-22(10-12-23)30-27(36)7-4-8-28(30)37/h4,7-14,19,25,33-34,36-38H,1-3,5-6,15-18,20H2. The number of benzene rings is 3. The number of piperidine rings is 1. The first-order valence-electron chi connectivity index (χ1n) is 13.4. The lowest BCUT2D eigenvalue weighted by Gasteiger charge is -2.45. The van der Waals surface area contributed by atoms with E-state index in [0.29, 0.717) is 29.5 Å². The van der Waals surface area contributed by atoms with Gasteiger partial charge in [-0.05, 0) is 61.1 Å². The zero-order valence-electron chi connectivity index (χ0n) is 21.6. The lowest BCUT2D eigenvalue weighted by Crippen LogP contribution is -2.53. The molecule has 3 aromatic carbocycles. The lowest BCUT2D eigenvalue weighted by atomic mass is 9.79. The summed E-state index contributed by atoms with van der Waals surface area (Å²) in [6.07, 6.45) is 7.07. The van der Waals surface area contributed by atoms with Crippen LogP contribution in [0.1, 0.15) is 44.1 Å². The van der Waals surface area contributed by atoms with E-state index in [9.17, 15) is 19.7 Å². The predicted molar refractivity (Wildman–Crippen MR) is 149 cm³/mol. The van der Waals surface area contributed by atoms with Gasteiger partial charge in [-0.25, -0.2) is 4.39 Å². The Labute approximate surface area is 223 Å². The number of aromatic hydroxyl groups is 3. The van der Waals surface area contributed by atoms with Gasteiger partial charge in [-0.1, -0.05) is 49.8 Å². The minimum absolute atomic E-state index is 0.0460. The molecule has 5 N–H and O–H groups in total. The van der Waals surface area contributed by atoms with E-state index in [-0.39, 0.29) is 17.0 Å². The number of hydrogen-bond donors (Lipinski definition) is 5. The Hall–Kier alpha value is -3.55. The second kappa shape index (κ2) is 11.1. The van der Waals surface area contributed by atoms with Crippen molar-refractivity contribution in [2.45, 2.75) is 50.1 Å². The summed E-state index contributed by atoms with van der Waals surface area (Å²) in [6, 6.07) is 17.7. The second-order valence-corrected chi connectivity index (χ2v) is 10.6. The average molecular weight is 518 g/mol. The minimum Gasteiger partial charge on any atom is -0.507 e. The third-order valence-electron chi connectivity index (χ3n) is 8.15. The molecule has 0 atom stereocenters. The highest BCUT2D eigenvalue weighted by molar-refractivity contribution is 5.76. The zero-order valence-corrected chi connectivity index (χ0v) is 21.6. The van der Waals surface area contributed by atoms with Crippen LogP contribution in [0, 0.1) is 5.82 Å². The van der Waals surface area contributed by atoms with E-state index in [4.69, 9.17) is 0 Å². The number of nitrogens with zero attached hydrogens (tertiary/aromatic N) is 1. The Kier molecular flexibility index (Phi) is 7.58. The van der Waals surface area contributed by atoms with Gasteiger partial charge in [-0.3, -0.25) is 0 Å². The number of hydrogen-bond acceptors (Lipinski definition) is 6. The summed E-state index contributed by atoms with van der Waals surface area (Å²) in [5.74, 6) is -0.968. The first-order valence-corrected chi connectivity index (χ1v) is 13.4. The zero-order chi connectivity index (χ0) is 26.7. The molecule has 6 nitrogen and oxygen atoms in total. The molecule has 2 aliphatic rings. The summed E-state index contributed by atoms with van der Waals surface area (Å²) >= 11 is 0. The Bertz CT molecular complexity index is 1260. The maximum atomic E-state index is 13.4. The molecule has 1 aliphatic carbocycles. The molecule has 38 heavy (non-hydrogen) atoms. The van der Waals surface area contributed by atoms with E-state index in [0.717, 1.165) is 37.1 Å². The smallest absolute Gasteiger partial charge is 0.164 e. The van der Waals surface area contributed by atoms with E-state index in [1.165, 1.54) is 37.8 Å². The monoisotopic (exact) mass is 517 g/mol. The molecular weight excluding hydrogens is 481 g/mol. The Morgan fingerprint density at radius 3 is 2.21 bits per heavy atom. The Morgan fingerprint density at radius 1 is 0.921 bits per heavy atom. The molecule has 5 rings (SSSR count). The molecule has 0 unspecified atom stereocenters. The highest BCUT2D eigenvalue weighted by atomic mass is 19.1. The van der Waals surface area contributed by atoms with Gasteiger partial charge in [0.1, 0.15) is 11.5 Å². The van der Waals surface area contributed by atoms with Crippen molar-refractivity contribution in [3.05, 3.63) is 84.3 Å². The van der Waals surface area contributed by atoms with Crippen LogP contribution in [0.15, 0.2) is 72.9 Å². The minimum atomic E-state index is -0.659. The molecule has 0 spiro atoms. The Balaban J connectivity index is 1.35. The molecule has 0 amide bonds. The molecule has 200 valence electrons. The lowest BCUT2D eigenvalue weighted by molar-refractivity contribution is 0.0999. The molecule has 1 heterocycles. The van der Waals surface area contributed by atoms with Crippen LogP contribution in [0.2, 0.25) is 0 Å². The maximum absolute atomic E-state index is 13.4. The van der Waals surface area contributed by atoms with Crippen molar-refractivity contribution in [3.8, 4) is 28.4 Å². The molecule has 1 saturated carbocycles. The van der Waals surface area contributed by atoms with E-state index < -0.39 is 11.6 Å². The van der Waals surface area contributed by atoms with Crippen LogP contribution in [0.3, 0.4) is 0 Å². The van der Waals surface area contributed by atoms with Gasteiger partial charge >= 0.3 is 0 Å². The van der Waals surface area contributed by atoms with Gasteiger partial charge in [0.25, 0.3) is 0 Å².